The number of imidazole rings is 1. The highest BCUT2D eigenvalue weighted by atomic mass is 16.2. The van der Waals surface area contributed by atoms with Gasteiger partial charge in [-0.1, -0.05) is 36.4 Å². The second-order valence-corrected chi connectivity index (χ2v) is 9.85. The number of urea groups is 1. The Morgan fingerprint density at radius 3 is 2.75 bits per heavy atom. The topological polar surface area (TPSA) is 79.2 Å². The Morgan fingerprint density at radius 1 is 1.00 bits per heavy atom. The van der Waals surface area contributed by atoms with E-state index >= 15 is 0 Å². The summed E-state index contributed by atoms with van der Waals surface area (Å²) < 4.78 is 1.98. The summed E-state index contributed by atoms with van der Waals surface area (Å²) in [5.74, 6) is 1.70. The predicted octanol–water partition coefficient (Wildman–Crippen LogP) is 4.51. The summed E-state index contributed by atoms with van der Waals surface area (Å²) >= 11 is 0. The lowest BCUT2D eigenvalue weighted by Crippen LogP contribution is -2.51. The van der Waals surface area contributed by atoms with E-state index in [0.717, 1.165) is 55.7 Å². The smallest absolute Gasteiger partial charge is 0.320 e. The van der Waals surface area contributed by atoms with Crippen molar-refractivity contribution in [1.82, 2.24) is 29.3 Å². The molecule has 2 aromatic heterocycles. The molecule has 6 rings (SSSR count). The van der Waals surface area contributed by atoms with E-state index in [2.05, 4.69) is 46.5 Å². The van der Waals surface area contributed by atoms with Crippen molar-refractivity contribution in [2.45, 2.75) is 38.8 Å². The molecule has 0 spiro atoms. The van der Waals surface area contributed by atoms with Gasteiger partial charge in [0.1, 0.15) is 12.1 Å². The average molecular weight is 482 g/mol. The SMILES string of the molecule is CC(Nc1nccc(-n2cnc3ccccc32)n1)C1CCCN(C(=O)N2CCc3ccccc3C2)C1. The number of para-hydroxylation sites is 2. The Morgan fingerprint density at radius 2 is 1.83 bits per heavy atom. The fraction of sp³-hybridized carbons (Fsp3) is 0.357. The summed E-state index contributed by atoms with van der Waals surface area (Å²) in [6.45, 7) is 5.22. The number of fused-ring (bicyclic) bond motifs is 2. The van der Waals surface area contributed by atoms with Crippen LogP contribution in [0.25, 0.3) is 16.9 Å². The van der Waals surface area contributed by atoms with Crippen LogP contribution in [0.4, 0.5) is 10.7 Å². The van der Waals surface area contributed by atoms with Crippen molar-refractivity contribution in [3.63, 3.8) is 0 Å². The maximum Gasteiger partial charge on any atom is 0.320 e. The molecule has 1 N–H and O–H groups in total. The van der Waals surface area contributed by atoms with E-state index in [1.807, 2.05) is 44.7 Å². The number of aromatic nitrogens is 4. The second-order valence-electron chi connectivity index (χ2n) is 9.85. The average Bonchev–Trinajstić information content (AvgIpc) is 3.37. The van der Waals surface area contributed by atoms with Crippen molar-refractivity contribution >= 4 is 23.0 Å². The zero-order chi connectivity index (χ0) is 24.5. The molecule has 1 fully saturated rings. The maximum absolute atomic E-state index is 13.4. The van der Waals surface area contributed by atoms with Gasteiger partial charge in [-0.3, -0.25) is 4.57 Å². The number of nitrogens with zero attached hydrogens (tertiary/aromatic N) is 6. The van der Waals surface area contributed by atoms with Crippen LogP contribution in [0.3, 0.4) is 0 Å². The van der Waals surface area contributed by atoms with Crippen LogP contribution in [0.2, 0.25) is 0 Å². The van der Waals surface area contributed by atoms with E-state index in [0.29, 0.717) is 18.4 Å². The first-order valence-corrected chi connectivity index (χ1v) is 12.8. The van der Waals surface area contributed by atoms with Gasteiger partial charge in [0.2, 0.25) is 5.95 Å². The normalized spacial score (nSPS) is 18.6. The summed E-state index contributed by atoms with van der Waals surface area (Å²) in [5, 5.41) is 3.51. The van der Waals surface area contributed by atoms with Gasteiger partial charge >= 0.3 is 6.03 Å². The van der Waals surface area contributed by atoms with Gasteiger partial charge < -0.3 is 15.1 Å². The lowest BCUT2D eigenvalue weighted by molar-refractivity contribution is 0.121. The number of rotatable bonds is 4. The number of benzene rings is 2. The van der Waals surface area contributed by atoms with Gasteiger partial charge in [0.25, 0.3) is 0 Å². The number of carbonyl (C=O) groups excluding carboxylic acids is 1. The van der Waals surface area contributed by atoms with Crippen LogP contribution in [0, 0.1) is 5.92 Å². The minimum atomic E-state index is 0.137. The summed E-state index contributed by atoms with van der Waals surface area (Å²) in [7, 11) is 0. The Balaban J connectivity index is 1.12. The Bertz CT molecular complexity index is 1380. The summed E-state index contributed by atoms with van der Waals surface area (Å²) in [6.07, 6.45) is 6.58. The molecule has 0 aliphatic carbocycles. The van der Waals surface area contributed by atoms with Crippen LogP contribution in [-0.2, 0) is 13.0 Å². The van der Waals surface area contributed by atoms with Crippen LogP contribution in [0.15, 0.2) is 67.1 Å². The third kappa shape index (κ3) is 4.39. The molecule has 184 valence electrons. The number of hydrogen-bond acceptors (Lipinski definition) is 5. The number of amides is 2. The first kappa shape index (κ1) is 22.5. The van der Waals surface area contributed by atoms with Crippen LogP contribution in [-0.4, -0.2) is 61.0 Å². The molecular weight excluding hydrogens is 450 g/mol. The molecule has 36 heavy (non-hydrogen) atoms. The Hall–Kier alpha value is -3.94. The van der Waals surface area contributed by atoms with Gasteiger partial charge in [0.15, 0.2) is 0 Å². The summed E-state index contributed by atoms with van der Waals surface area (Å²) in [6, 6.07) is 18.7. The molecule has 4 aromatic rings. The van der Waals surface area contributed by atoms with E-state index in [-0.39, 0.29) is 12.1 Å². The van der Waals surface area contributed by atoms with Crippen molar-refractivity contribution < 1.29 is 4.79 Å². The van der Waals surface area contributed by atoms with Crippen molar-refractivity contribution in [2.24, 2.45) is 5.92 Å². The maximum atomic E-state index is 13.4. The van der Waals surface area contributed by atoms with Gasteiger partial charge in [-0.15, -0.1) is 0 Å². The molecule has 0 bridgehead atoms. The lowest BCUT2D eigenvalue weighted by atomic mass is 9.91. The molecule has 2 aliphatic rings. The number of nitrogens with one attached hydrogen (secondary N) is 1. The summed E-state index contributed by atoms with van der Waals surface area (Å²) in [4.78, 5) is 31.1. The van der Waals surface area contributed by atoms with Crippen LogP contribution in [0.5, 0.6) is 0 Å². The standard InChI is InChI=1S/C28H31N7O/c1-20(31-27-29-14-12-26(32-27)35-19-30-24-10-4-5-11-25(24)35)22-9-6-15-33(17-22)28(36)34-16-13-21-7-2-3-8-23(21)18-34/h2-5,7-8,10-12,14,19-20,22H,6,9,13,15-18H2,1H3,(H,29,31,32). The minimum absolute atomic E-state index is 0.137. The molecule has 2 aliphatic heterocycles. The fourth-order valence-electron chi connectivity index (χ4n) is 5.47. The number of carbonyl (C=O) groups is 1. The van der Waals surface area contributed by atoms with Gasteiger partial charge in [-0.05, 0) is 61.4 Å². The molecule has 1 saturated heterocycles. The minimum Gasteiger partial charge on any atom is -0.351 e. The molecule has 2 amide bonds. The van der Waals surface area contributed by atoms with E-state index in [1.54, 1.807) is 12.5 Å². The van der Waals surface area contributed by atoms with Gasteiger partial charge in [0, 0.05) is 38.4 Å². The first-order chi connectivity index (χ1) is 17.7. The van der Waals surface area contributed by atoms with Gasteiger partial charge in [-0.2, -0.15) is 4.98 Å². The molecule has 8 heteroatoms. The lowest BCUT2D eigenvalue weighted by Gasteiger charge is -2.39. The van der Waals surface area contributed by atoms with Crippen molar-refractivity contribution in [3.05, 3.63) is 78.2 Å². The third-order valence-corrected chi connectivity index (χ3v) is 7.53. The summed E-state index contributed by atoms with van der Waals surface area (Å²) in [5.41, 5.74) is 4.57. The van der Waals surface area contributed by atoms with Crippen molar-refractivity contribution in [2.75, 3.05) is 25.0 Å². The van der Waals surface area contributed by atoms with Gasteiger partial charge in [-0.25, -0.2) is 14.8 Å². The zero-order valence-corrected chi connectivity index (χ0v) is 20.5. The molecule has 2 atom stereocenters. The highest BCUT2D eigenvalue weighted by Crippen LogP contribution is 2.25. The van der Waals surface area contributed by atoms with Crippen molar-refractivity contribution in [3.8, 4) is 5.82 Å². The number of hydrogen-bond donors (Lipinski definition) is 1. The molecule has 2 unspecified atom stereocenters. The zero-order valence-electron chi connectivity index (χ0n) is 20.5. The molecule has 4 heterocycles. The van der Waals surface area contributed by atoms with E-state index in [9.17, 15) is 4.79 Å². The van der Waals surface area contributed by atoms with Crippen LogP contribution in [0.1, 0.15) is 30.9 Å². The quantitative estimate of drug-likeness (QED) is 0.464. The monoisotopic (exact) mass is 481 g/mol. The number of piperidine rings is 1. The third-order valence-electron chi connectivity index (χ3n) is 7.53. The van der Waals surface area contributed by atoms with Crippen LogP contribution < -0.4 is 5.32 Å². The highest BCUT2D eigenvalue weighted by Gasteiger charge is 2.31. The van der Waals surface area contributed by atoms with Gasteiger partial charge in [0.05, 0.1) is 11.0 Å². The number of anilines is 1. The van der Waals surface area contributed by atoms with Crippen molar-refractivity contribution in [1.29, 1.82) is 0 Å². The molecular formula is C28H31N7O. The Kier molecular flexibility index (Phi) is 6.01. The molecule has 2 aromatic carbocycles. The van der Waals surface area contributed by atoms with Crippen LogP contribution >= 0.6 is 0 Å². The Labute approximate surface area is 211 Å². The molecule has 0 radical (unpaired) electrons. The van der Waals surface area contributed by atoms with E-state index in [4.69, 9.17) is 4.98 Å². The number of likely N-dealkylation sites (tertiary alicyclic amines) is 1. The second kappa shape index (κ2) is 9.60. The van der Waals surface area contributed by atoms with E-state index < -0.39 is 0 Å². The first-order valence-electron chi connectivity index (χ1n) is 12.8. The fourth-order valence-corrected chi connectivity index (χ4v) is 5.47. The predicted molar refractivity (Wildman–Crippen MR) is 140 cm³/mol. The van der Waals surface area contributed by atoms with E-state index in [1.165, 1.54) is 11.1 Å². The molecule has 0 saturated carbocycles. The highest BCUT2D eigenvalue weighted by molar-refractivity contribution is 5.77. The largest absolute Gasteiger partial charge is 0.351 e. The molecule has 8 nitrogen and oxygen atoms in total.